The van der Waals surface area contributed by atoms with Gasteiger partial charge in [-0.25, -0.2) is 0 Å². The highest BCUT2D eigenvalue weighted by Gasteiger charge is 1.80. The summed E-state index contributed by atoms with van der Waals surface area (Å²) in [5.74, 6) is 5.82. The van der Waals surface area contributed by atoms with Crippen LogP contribution in [0.1, 0.15) is 70.2 Å². The van der Waals surface area contributed by atoms with Gasteiger partial charge in [0.05, 0.1) is 0 Å². The minimum atomic E-state index is 0. The monoisotopic (exact) mass is 248 g/mol. The average Bonchev–Trinajstić information content (AvgIpc) is 2.16. The van der Waals surface area contributed by atoms with Crippen molar-refractivity contribution in [2.75, 3.05) is 0 Å². The van der Waals surface area contributed by atoms with Gasteiger partial charge >= 0.3 is 0 Å². The predicted molar refractivity (Wildman–Crippen MR) is 87.7 cm³/mol. The van der Waals surface area contributed by atoms with Crippen LogP contribution in [0, 0.1) is 11.8 Å². The van der Waals surface area contributed by atoms with E-state index in [2.05, 4.69) is 37.2 Å². The van der Waals surface area contributed by atoms with Crippen LogP contribution in [0.5, 0.6) is 0 Å². The van der Waals surface area contributed by atoms with E-state index in [-0.39, 0.29) is 14.9 Å². The van der Waals surface area contributed by atoms with Gasteiger partial charge in [-0.15, -0.1) is 5.92 Å². The SMILES string of the molecule is C.C.CC#CC(C)=C(C)C.CC(C)=C=C=C(C)C. The smallest absolute Gasteiger partial charge is 0.00234 e. The molecule has 18 heavy (non-hydrogen) atoms. The fraction of sp³-hybridized carbons (Fsp3) is 0.556. The van der Waals surface area contributed by atoms with E-state index < -0.39 is 0 Å². The van der Waals surface area contributed by atoms with Gasteiger partial charge in [0.15, 0.2) is 0 Å². The molecule has 0 aromatic rings. The maximum Gasteiger partial charge on any atom is -0.00234 e. The molecule has 0 aliphatic rings. The Morgan fingerprint density at radius 2 is 1.00 bits per heavy atom. The highest BCUT2D eigenvalue weighted by atomic mass is 13.9. The third kappa shape index (κ3) is 24.0. The van der Waals surface area contributed by atoms with Gasteiger partial charge in [0.25, 0.3) is 0 Å². The molecule has 0 saturated heterocycles. The van der Waals surface area contributed by atoms with Crippen molar-refractivity contribution < 1.29 is 0 Å². The van der Waals surface area contributed by atoms with Gasteiger partial charge in [-0.1, -0.05) is 37.8 Å². The Labute approximate surface area is 116 Å². The van der Waals surface area contributed by atoms with Crippen LogP contribution in [-0.2, 0) is 0 Å². The average molecular weight is 248 g/mol. The summed E-state index contributed by atoms with van der Waals surface area (Å²) in [7, 11) is 0. The van der Waals surface area contributed by atoms with Crippen LogP contribution >= 0.6 is 0 Å². The summed E-state index contributed by atoms with van der Waals surface area (Å²) in [6.07, 6.45) is 0. The van der Waals surface area contributed by atoms with E-state index in [1.807, 2.05) is 41.5 Å². The second-order valence-electron chi connectivity index (χ2n) is 4.25. The van der Waals surface area contributed by atoms with Gasteiger partial charge in [-0.2, -0.15) is 0 Å². The Kier molecular flexibility index (Phi) is 22.1. The normalized spacial score (nSPS) is 6.22. The highest BCUT2D eigenvalue weighted by molar-refractivity contribution is 5.29. The first kappa shape index (κ1) is 25.4. The highest BCUT2D eigenvalue weighted by Crippen LogP contribution is 1.98. The van der Waals surface area contributed by atoms with Crippen molar-refractivity contribution in [3.05, 3.63) is 33.8 Å². The molecule has 0 fully saturated rings. The van der Waals surface area contributed by atoms with Crippen LogP contribution in [0.15, 0.2) is 33.8 Å². The lowest BCUT2D eigenvalue weighted by Crippen LogP contribution is -1.71. The lowest BCUT2D eigenvalue weighted by molar-refractivity contribution is 1.31. The first-order valence-corrected chi connectivity index (χ1v) is 5.50. The van der Waals surface area contributed by atoms with E-state index in [1.165, 1.54) is 22.3 Å². The molecule has 0 unspecified atom stereocenters. The lowest BCUT2D eigenvalue weighted by atomic mass is 10.2. The molecule has 0 N–H and O–H groups in total. The zero-order chi connectivity index (χ0) is 13.1. The van der Waals surface area contributed by atoms with Gasteiger partial charge in [-0.05, 0) is 72.1 Å². The van der Waals surface area contributed by atoms with E-state index >= 15 is 0 Å². The van der Waals surface area contributed by atoms with Gasteiger partial charge in [0, 0.05) is 0 Å². The van der Waals surface area contributed by atoms with Crippen LogP contribution in [0.3, 0.4) is 0 Å². The summed E-state index contributed by atoms with van der Waals surface area (Å²) in [5.41, 5.74) is 10.8. The van der Waals surface area contributed by atoms with Gasteiger partial charge in [-0.3, -0.25) is 0 Å². The summed E-state index contributed by atoms with van der Waals surface area (Å²) in [6, 6.07) is 0. The minimum Gasteiger partial charge on any atom is -0.102 e. The van der Waals surface area contributed by atoms with Crippen LogP contribution in [-0.4, -0.2) is 0 Å². The molecular weight excluding hydrogens is 216 g/mol. The molecule has 0 radical (unpaired) electrons. The van der Waals surface area contributed by atoms with Crippen molar-refractivity contribution in [2.45, 2.75) is 70.2 Å². The van der Waals surface area contributed by atoms with E-state index in [0.717, 1.165) is 0 Å². The molecule has 0 spiro atoms. The second kappa shape index (κ2) is 15.6. The third-order valence-corrected chi connectivity index (χ3v) is 1.62. The Morgan fingerprint density at radius 3 is 1.11 bits per heavy atom. The maximum atomic E-state index is 2.97. The molecular formula is C18H32. The predicted octanol–water partition coefficient (Wildman–Crippen LogP) is 6.31. The quantitative estimate of drug-likeness (QED) is 0.348. The summed E-state index contributed by atoms with van der Waals surface area (Å²) in [4.78, 5) is 0. The molecule has 0 aliphatic carbocycles. The number of hydrogen-bond donors (Lipinski definition) is 0. The van der Waals surface area contributed by atoms with Gasteiger partial charge < -0.3 is 0 Å². The molecule has 0 heterocycles. The van der Waals surface area contributed by atoms with Crippen molar-refractivity contribution in [1.29, 1.82) is 0 Å². The summed E-state index contributed by atoms with van der Waals surface area (Å²) < 4.78 is 0. The van der Waals surface area contributed by atoms with Crippen LogP contribution in [0.2, 0.25) is 0 Å². The molecule has 0 nitrogen and oxygen atoms in total. The summed E-state index contributed by atoms with van der Waals surface area (Å²) in [6.45, 7) is 16.1. The van der Waals surface area contributed by atoms with E-state index in [0.29, 0.717) is 0 Å². The molecule has 0 amide bonds. The van der Waals surface area contributed by atoms with Gasteiger partial charge in [0.1, 0.15) is 0 Å². The van der Waals surface area contributed by atoms with E-state index in [4.69, 9.17) is 0 Å². The molecule has 0 bridgehead atoms. The Balaban J connectivity index is -0.0000000980. The number of allylic oxidation sites excluding steroid dienone is 4. The molecule has 0 aliphatic heterocycles. The van der Waals surface area contributed by atoms with E-state index in [9.17, 15) is 0 Å². The largest absolute Gasteiger partial charge is 0.102 e. The standard InChI is InChI=1S/2C8H12.2CH4/c1-7(2)5-6-8(3)4;1-5-6-8(4)7(2)3;;/h2*1-4H3;2*1H4. The number of hydrogen-bond acceptors (Lipinski definition) is 0. The topological polar surface area (TPSA) is 0 Å². The summed E-state index contributed by atoms with van der Waals surface area (Å²) in [5, 5.41) is 0. The maximum absolute atomic E-state index is 2.97. The van der Waals surface area contributed by atoms with E-state index in [1.54, 1.807) is 0 Å². The molecule has 0 atom stereocenters. The summed E-state index contributed by atoms with van der Waals surface area (Å²) >= 11 is 0. The van der Waals surface area contributed by atoms with Crippen LogP contribution in [0.4, 0.5) is 0 Å². The van der Waals surface area contributed by atoms with Crippen LogP contribution in [0.25, 0.3) is 0 Å². The first-order valence-electron chi connectivity index (χ1n) is 5.50. The van der Waals surface area contributed by atoms with Crippen molar-refractivity contribution in [1.82, 2.24) is 0 Å². The van der Waals surface area contributed by atoms with Crippen molar-refractivity contribution >= 4 is 0 Å². The molecule has 0 saturated carbocycles. The molecule has 0 aromatic carbocycles. The lowest BCUT2D eigenvalue weighted by Gasteiger charge is -1.88. The Hall–Kier alpha value is -1.40. The fourth-order valence-electron chi connectivity index (χ4n) is 0.562. The molecule has 0 rings (SSSR count). The minimum absolute atomic E-state index is 0. The Bertz CT molecular complexity index is 361. The fourth-order valence-corrected chi connectivity index (χ4v) is 0.562. The Morgan fingerprint density at radius 1 is 0.667 bits per heavy atom. The third-order valence-electron chi connectivity index (χ3n) is 1.62. The van der Waals surface area contributed by atoms with Crippen molar-refractivity contribution in [2.24, 2.45) is 0 Å². The molecule has 0 heteroatoms. The zero-order valence-electron chi connectivity index (χ0n) is 12.0. The zero-order valence-corrected chi connectivity index (χ0v) is 12.0. The molecule has 104 valence electrons. The second-order valence-corrected chi connectivity index (χ2v) is 4.25. The van der Waals surface area contributed by atoms with Gasteiger partial charge in [0.2, 0.25) is 0 Å². The first-order chi connectivity index (χ1) is 7.31. The number of rotatable bonds is 0. The van der Waals surface area contributed by atoms with Crippen molar-refractivity contribution in [3.63, 3.8) is 0 Å². The van der Waals surface area contributed by atoms with Crippen LogP contribution < -0.4 is 0 Å². The van der Waals surface area contributed by atoms with Crippen molar-refractivity contribution in [3.8, 4) is 11.8 Å². The molecule has 0 aromatic heterocycles.